The highest BCUT2D eigenvalue weighted by atomic mass is 19.1. The fourth-order valence-corrected chi connectivity index (χ4v) is 1.36. The van der Waals surface area contributed by atoms with Crippen LogP contribution in [0.3, 0.4) is 0 Å². The smallest absolute Gasteiger partial charge is 0.123 e. The zero-order chi connectivity index (χ0) is 13.1. The van der Waals surface area contributed by atoms with Crippen LogP contribution in [0.4, 0.5) is 4.39 Å². The SMILES string of the molecule is COCC[NH2+]CCOCCOc1ccc(F)cc1. The molecule has 0 aliphatic rings. The Hall–Kier alpha value is -1.17. The molecule has 0 spiro atoms. The van der Waals surface area contributed by atoms with Crippen molar-refractivity contribution >= 4 is 0 Å². The van der Waals surface area contributed by atoms with Crippen molar-refractivity contribution in [2.75, 3.05) is 46.6 Å². The molecule has 0 bridgehead atoms. The zero-order valence-electron chi connectivity index (χ0n) is 10.7. The Kier molecular flexibility index (Phi) is 8.12. The van der Waals surface area contributed by atoms with Gasteiger partial charge in [0.15, 0.2) is 0 Å². The Morgan fingerprint density at radius 2 is 1.72 bits per heavy atom. The number of hydrogen-bond donors (Lipinski definition) is 1. The lowest BCUT2D eigenvalue weighted by molar-refractivity contribution is -0.657. The van der Waals surface area contributed by atoms with E-state index in [0.717, 1.165) is 19.7 Å². The molecule has 0 aliphatic heterocycles. The summed E-state index contributed by atoms with van der Waals surface area (Å²) in [5, 5.41) is 2.14. The van der Waals surface area contributed by atoms with Crippen LogP contribution < -0.4 is 10.1 Å². The van der Waals surface area contributed by atoms with Gasteiger partial charge in [-0.1, -0.05) is 0 Å². The normalized spacial score (nSPS) is 10.6. The zero-order valence-corrected chi connectivity index (χ0v) is 10.7. The van der Waals surface area contributed by atoms with E-state index in [-0.39, 0.29) is 5.82 Å². The molecule has 0 amide bonds. The van der Waals surface area contributed by atoms with Gasteiger partial charge in [-0.3, -0.25) is 0 Å². The molecule has 2 N–H and O–H groups in total. The van der Waals surface area contributed by atoms with Crippen LogP contribution in [0.15, 0.2) is 24.3 Å². The molecule has 102 valence electrons. The number of hydrogen-bond acceptors (Lipinski definition) is 3. The summed E-state index contributed by atoms with van der Waals surface area (Å²) in [5.74, 6) is 0.400. The maximum Gasteiger partial charge on any atom is 0.123 e. The number of rotatable bonds is 10. The van der Waals surface area contributed by atoms with Crippen LogP contribution in [0, 0.1) is 5.82 Å². The molecule has 0 heterocycles. The second-order valence-electron chi connectivity index (χ2n) is 3.77. The number of ether oxygens (including phenoxy) is 3. The molecule has 0 saturated carbocycles. The Morgan fingerprint density at radius 1 is 1.00 bits per heavy atom. The van der Waals surface area contributed by atoms with Gasteiger partial charge in [-0.25, -0.2) is 4.39 Å². The lowest BCUT2D eigenvalue weighted by atomic mass is 10.3. The van der Waals surface area contributed by atoms with E-state index < -0.39 is 0 Å². The molecule has 1 rings (SSSR count). The highest BCUT2D eigenvalue weighted by Crippen LogP contribution is 2.10. The molecular weight excluding hydrogens is 237 g/mol. The van der Waals surface area contributed by atoms with Crippen molar-refractivity contribution in [2.24, 2.45) is 0 Å². The Balaban J connectivity index is 1.91. The highest BCUT2D eigenvalue weighted by molar-refractivity contribution is 5.21. The van der Waals surface area contributed by atoms with E-state index in [4.69, 9.17) is 14.2 Å². The maximum absolute atomic E-state index is 12.6. The standard InChI is InChI=1S/C13H20FNO3/c1-16-8-6-15-7-9-17-10-11-18-13-4-2-12(14)3-5-13/h2-5,15H,6-11H2,1H3/p+1. The molecule has 0 atom stereocenters. The highest BCUT2D eigenvalue weighted by Gasteiger charge is 1.95. The quantitative estimate of drug-likeness (QED) is 0.619. The van der Waals surface area contributed by atoms with Gasteiger partial charge in [0, 0.05) is 7.11 Å². The van der Waals surface area contributed by atoms with Crippen LogP contribution in [0.5, 0.6) is 5.75 Å². The monoisotopic (exact) mass is 258 g/mol. The van der Waals surface area contributed by atoms with Crippen molar-refractivity contribution in [1.29, 1.82) is 0 Å². The van der Waals surface area contributed by atoms with Gasteiger partial charge in [0.05, 0.1) is 32.9 Å². The van der Waals surface area contributed by atoms with Gasteiger partial charge >= 0.3 is 0 Å². The van der Waals surface area contributed by atoms with Crippen molar-refractivity contribution in [1.82, 2.24) is 0 Å². The molecule has 0 saturated heterocycles. The van der Waals surface area contributed by atoms with Gasteiger partial charge < -0.3 is 19.5 Å². The molecule has 18 heavy (non-hydrogen) atoms. The minimum absolute atomic E-state index is 0.259. The first-order valence-electron chi connectivity index (χ1n) is 6.09. The predicted molar refractivity (Wildman–Crippen MR) is 66.2 cm³/mol. The minimum Gasteiger partial charge on any atom is -0.491 e. The summed E-state index contributed by atoms with van der Waals surface area (Å²) in [6.45, 7) is 4.33. The average Bonchev–Trinajstić information content (AvgIpc) is 2.39. The van der Waals surface area contributed by atoms with Gasteiger partial charge in [0.25, 0.3) is 0 Å². The first kappa shape index (κ1) is 14.9. The van der Waals surface area contributed by atoms with Crippen LogP contribution in [0.1, 0.15) is 0 Å². The molecule has 0 radical (unpaired) electrons. The first-order chi connectivity index (χ1) is 8.83. The maximum atomic E-state index is 12.6. The fourth-order valence-electron chi connectivity index (χ4n) is 1.36. The van der Waals surface area contributed by atoms with Gasteiger partial charge in [0.2, 0.25) is 0 Å². The van der Waals surface area contributed by atoms with Crippen LogP contribution in [-0.4, -0.2) is 46.6 Å². The molecule has 5 heteroatoms. The molecule has 0 unspecified atom stereocenters. The Bertz CT molecular complexity index is 306. The summed E-state index contributed by atoms with van der Waals surface area (Å²) in [6.07, 6.45) is 0. The van der Waals surface area contributed by atoms with Gasteiger partial charge in [-0.15, -0.1) is 0 Å². The van der Waals surface area contributed by atoms with Gasteiger partial charge in [0.1, 0.15) is 18.2 Å². The second kappa shape index (κ2) is 9.82. The lowest BCUT2D eigenvalue weighted by Gasteiger charge is -2.06. The molecular formula is C13H21FNO3+. The Labute approximate surface area is 107 Å². The first-order valence-corrected chi connectivity index (χ1v) is 6.09. The van der Waals surface area contributed by atoms with Crippen molar-refractivity contribution in [2.45, 2.75) is 0 Å². The third-order valence-corrected chi connectivity index (χ3v) is 2.30. The third-order valence-electron chi connectivity index (χ3n) is 2.30. The van der Waals surface area contributed by atoms with E-state index in [1.165, 1.54) is 12.1 Å². The minimum atomic E-state index is -0.259. The van der Waals surface area contributed by atoms with Crippen molar-refractivity contribution < 1.29 is 23.9 Å². The number of nitrogens with two attached hydrogens (primary N) is 1. The van der Waals surface area contributed by atoms with Crippen molar-refractivity contribution in [3.8, 4) is 5.75 Å². The summed E-state index contributed by atoms with van der Waals surface area (Å²) < 4.78 is 28.3. The predicted octanol–water partition coefficient (Wildman–Crippen LogP) is 0.431. The molecule has 1 aromatic carbocycles. The average molecular weight is 258 g/mol. The largest absolute Gasteiger partial charge is 0.491 e. The van der Waals surface area contributed by atoms with Gasteiger partial charge in [-0.05, 0) is 24.3 Å². The summed E-state index contributed by atoms with van der Waals surface area (Å²) in [7, 11) is 1.69. The van der Waals surface area contributed by atoms with E-state index in [1.54, 1.807) is 19.2 Å². The summed E-state index contributed by atoms with van der Waals surface area (Å²) in [4.78, 5) is 0. The topological polar surface area (TPSA) is 44.3 Å². The molecule has 1 aromatic rings. The van der Waals surface area contributed by atoms with E-state index in [0.29, 0.717) is 25.6 Å². The summed E-state index contributed by atoms with van der Waals surface area (Å²) in [5.41, 5.74) is 0. The second-order valence-corrected chi connectivity index (χ2v) is 3.77. The van der Waals surface area contributed by atoms with Crippen LogP contribution in [0.2, 0.25) is 0 Å². The summed E-state index contributed by atoms with van der Waals surface area (Å²) >= 11 is 0. The van der Waals surface area contributed by atoms with Crippen molar-refractivity contribution in [3.63, 3.8) is 0 Å². The van der Waals surface area contributed by atoms with Crippen LogP contribution in [0.25, 0.3) is 0 Å². The van der Waals surface area contributed by atoms with E-state index in [1.807, 2.05) is 0 Å². The number of quaternary nitrogens is 1. The lowest BCUT2D eigenvalue weighted by Crippen LogP contribution is -2.86. The van der Waals surface area contributed by atoms with Gasteiger partial charge in [-0.2, -0.15) is 0 Å². The van der Waals surface area contributed by atoms with Crippen LogP contribution in [-0.2, 0) is 9.47 Å². The van der Waals surface area contributed by atoms with E-state index >= 15 is 0 Å². The Morgan fingerprint density at radius 3 is 2.44 bits per heavy atom. The molecule has 0 fully saturated rings. The van der Waals surface area contributed by atoms with Crippen molar-refractivity contribution in [3.05, 3.63) is 30.1 Å². The van der Waals surface area contributed by atoms with Crippen LogP contribution >= 0.6 is 0 Å². The molecule has 0 aromatic heterocycles. The van der Waals surface area contributed by atoms with E-state index in [2.05, 4.69) is 5.32 Å². The summed E-state index contributed by atoms with van der Waals surface area (Å²) in [6, 6.07) is 5.96. The molecule has 4 nitrogen and oxygen atoms in total. The molecule has 0 aliphatic carbocycles. The number of benzene rings is 1. The fraction of sp³-hybridized carbons (Fsp3) is 0.538. The number of halogens is 1. The van der Waals surface area contributed by atoms with E-state index in [9.17, 15) is 4.39 Å². The number of methoxy groups -OCH3 is 1. The third kappa shape index (κ3) is 7.21.